The molecule has 2 nitrogen and oxygen atoms in total. The molecule has 2 unspecified atom stereocenters. The van der Waals surface area contributed by atoms with Crippen molar-refractivity contribution in [2.24, 2.45) is 5.92 Å². The zero-order valence-corrected chi connectivity index (χ0v) is 13.2. The van der Waals surface area contributed by atoms with Crippen LogP contribution in [-0.4, -0.2) is 9.55 Å². The molecule has 2 atom stereocenters. The molecule has 1 aromatic carbocycles. The molecule has 0 aliphatic heterocycles. The van der Waals surface area contributed by atoms with Crippen LogP contribution < -0.4 is 0 Å². The molecule has 1 heterocycles. The fourth-order valence-corrected chi connectivity index (χ4v) is 3.87. The van der Waals surface area contributed by atoms with Gasteiger partial charge in [-0.25, -0.2) is 4.98 Å². The maximum atomic E-state index is 6.18. The summed E-state index contributed by atoms with van der Waals surface area (Å²) in [6.45, 7) is 4.57. The second kappa shape index (κ2) is 5.77. The van der Waals surface area contributed by atoms with E-state index in [4.69, 9.17) is 16.6 Å². The summed E-state index contributed by atoms with van der Waals surface area (Å²) in [5, 5.41) is 0. The van der Waals surface area contributed by atoms with Crippen LogP contribution in [0.1, 0.15) is 56.5 Å². The number of fused-ring (bicyclic) bond motifs is 1. The number of benzene rings is 1. The predicted molar refractivity (Wildman–Crippen MR) is 85.3 cm³/mol. The monoisotopic (exact) mass is 290 g/mol. The standard InChI is InChI=1S/C17H23ClN2/c1-12-7-4-3-5-10-15(12)20-16(11-18)19-14-9-6-8-13(2)17(14)20/h6,8-9,12,15H,3-5,7,10-11H2,1-2H3. The third-order valence-corrected chi connectivity index (χ3v) is 4.99. The molecule has 0 bridgehead atoms. The molecule has 3 heteroatoms. The number of aryl methyl sites for hydroxylation is 1. The van der Waals surface area contributed by atoms with Gasteiger partial charge in [-0.15, -0.1) is 11.6 Å². The van der Waals surface area contributed by atoms with Gasteiger partial charge in [0, 0.05) is 6.04 Å². The van der Waals surface area contributed by atoms with Crippen molar-refractivity contribution < 1.29 is 0 Å². The lowest BCUT2D eigenvalue weighted by Gasteiger charge is -2.26. The fourth-order valence-electron chi connectivity index (χ4n) is 3.68. The van der Waals surface area contributed by atoms with Crippen LogP contribution in [-0.2, 0) is 5.88 Å². The number of imidazole rings is 1. The van der Waals surface area contributed by atoms with E-state index in [1.165, 1.54) is 43.2 Å². The van der Waals surface area contributed by atoms with Crippen LogP contribution in [0.25, 0.3) is 11.0 Å². The minimum Gasteiger partial charge on any atom is -0.323 e. The van der Waals surface area contributed by atoms with Crippen molar-refractivity contribution >= 4 is 22.6 Å². The zero-order chi connectivity index (χ0) is 14.1. The van der Waals surface area contributed by atoms with Crippen LogP contribution in [0.3, 0.4) is 0 Å². The maximum absolute atomic E-state index is 6.18. The smallest absolute Gasteiger partial charge is 0.125 e. The lowest BCUT2D eigenvalue weighted by molar-refractivity contribution is 0.335. The quantitative estimate of drug-likeness (QED) is 0.547. The lowest BCUT2D eigenvalue weighted by atomic mass is 9.96. The summed E-state index contributed by atoms with van der Waals surface area (Å²) < 4.78 is 2.45. The van der Waals surface area contributed by atoms with E-state index in [0.29, 0.717) is 17.8 Å². The number of halogens is 1. The molecule has 0 saturated heterocycles. The normalized spacial score (nSPS) is 23.9. The summed E-state index contributed by atoms with van der Waals surface area (Å²) in [6.07, 6.45) is 6.62. The molecule has 1 fully saturated rings. The van der Waals surface area contributed by atoms with Crippen LogP contribution >= 0.6 is 11.6 Å². The summed E-state index contributed by atoms with van der Waals surface area (Å²) in [6, 6.07) is 6.93. The SMILES string of the molecule is Cc1cccc2nc(CCl)n(C3CCCCCC3C)c12. The highest BCUT2D eigenvalue weighted by Crippen LogP contribution is 2.36. The first kappa shape index (κ1) is 13.9. The number of alkyl halides is 1. The topological polar surface area (TPSA) is 17.8 Å². The highest BCUT2D eigenvalue weighted by molar-refractivity contribution is 6.16. The number of para-hydroxylation sites is 1. The van der Waals surface area contributed by atoms with E-state index >= 15 is 0 Å². The molecule has 108 valence electrons. The van der Waals surface area contributed by atoms with E-state index in [9.17, 15) is 0 Å². The van der Waals surface area contributed by atoms with Gasteiger partial charge in [-0.3, -0.25) is 0 Å². The lowest BCUT2D eigenvalue weighted by Crippen LogP contribution is -2.18. The van der Waals surface area contributed by atoms with Crippen LogP contribution in [0.5, 0.6) is 0 Å². The Morgan fingerprint density at radius 1 is 1.25 bits per heavy atom. The maximum Gasteiger partial charge on any atom is 0.125 e. The van der Waals surface area contributed by atoms with Crippen LogP contribution in [0.2, 0.25) is 0 Å². The predicted octanol–water partition coefficient (Wildman–Crippen LogP) is 5.22. The molecule has 0 spiro atoms. The van der Waals surface area contributed by atoms with Crippen molar-refractivity contribution in [3.8, 4) is 0 Å². The number of rotatable bonds is 2. The van der Waals surface area contributed by atoms with E-state index in [1.54, 1.807) is 0 Å². The molecule has 2 aromatic rings. The molecular weight excluding hydrogens is 268 g/mol. The first-order chi connectivity index (χ1) is 9.72. The van der Waals surface area contributed by atoms with E-state index < -0.39 is 0 Å². The van der Waals surface area contributed by atoms with Crippen molar-refractivity contribution in [3.63, 3.8) is 0 Å². The Bertz CT molecular complexity index is 602. The molecule has 0 radical (unpaired) electrons. The largest absolute Gasteiger partial charge is 0.323 e. The van der Waals surface area contributed by atoms with Gasteiger partial charge < -0.3 is 4.57 Å². The molecule has 3 rings (SSSR count). The van der Waals surface area contributed by atoms with Gasteiger partial charge in [-0.1, -0.05) is 38.3 Å². The summed E-state index contributed by atoms with van der Waals surface area (Å²) >= 11 is 6.18. The highest BCUT2D eigenvalue weighted by Gasteiger charge is 2.26. The van der Waals surface area contributed by atoms with Gasteiger partial charge in [0.1, 0.15) is 5.82 Å². The molecule has 1 aliphatic rings. The molecule has 0 amide bonds. The minimum absolute atomic E-state index is 0.497. The first-order valence-corrected chi connectivity index (χ1v) is 8.28. The molecule has 1 aliphatic carbocycles. The Morgan fingerprint density at radius 2 is 2.05 bits per heavy atom. The van der Waals surface area contributed by atoms with Crippen LogP contribution in [0.4, 0.5) is 0 Å². The second-order valence-corrected chi connectivity index (χ2v) is 6.42. The zero-order valence-electron chi connectivity index (χ0n) is 12.4. The van der Waals surface area contributed by atoms with Gasteiger partial charge in [0.15, 0.2) is 0 Å². The molecule has 0 N–H and O–H groups in total. The number of hydrogen-bond donors (Lipinski definition) is 0. The van der Waals surface area contributed by atoms with E-state index in [2.05, 4.69) is 36.6 Å². The van der Waals surface area contributed by atoms with Crippen molar-refractivity contribution in [3.05, 3.63) is 29.6 Å². The van der Waals surface area contributed by atoms with Gasteiger partial charge >= 0.3 is 0 Å². The van der Waals surface area contributed by atoms with Gasteiger partial charge in [-0.2, -0.15) is 0 Å². The average molecular weight is 291 g/mol. The Hall–Kier alpha value is -1.02. The number of hydrogen-bond acceptors (Lipinski definition) is 1. The highest BCUT2D eigenvalue weighted by atomic mass is 35.5. The fraction of sp³-hybridized carbons (Fsp3) is 0.588. The van der Waals surface area contributed by atoms with Crippen molar-refractivity contribution in [1.82, 2.24) is 9.55 Å². The van der Waals surface area contributed by atoms with Crippen molar-refractivity contribution in [2.75, 3.05) is 0 Å². The summed E-state index contributed by atoms with van der Waals surface area (Å²) in [5.41, 5.74) is 3.70. The van der Waals surface area contributed by atoms with Gasteiger partial charge in [-0.05, 0) is 37.3 Å². The van der Waals surface area contributed by atoms with Crippen molar-refractivity contribution in [1.29, 1.82) is 0 Å². The summed E-state index contributed by atoms with van der Waals surface area (Å²) in [5.74, 6) is 2.24. The van der Waals surface area contributed by atoms with Crippen molar-refractivity contribution in [2.45, 2.75) is 57.9 Å². The molecular formula is C17H23ClN2. The van der Waals surface area contributed by atoms with Crippen LogP contribution in [0.15, 0.2) is 18.2 Å². The number of aromatic nitrogens is 2. The third kappa shape index (κ3) is 2.35. The van der Waals surface area contributed by atoms with Gasteiger partial charge in [0.25, 0.3) is 0 Å². The summed E-state index contributed by atoms with van der Waals surface area (Å²) in [7, 11) is 0. The molecule has 1 saturated carbocycles. The summed E-state index contributed by atoms with van der Waals surface area (Å²) in [4.78, 5) is 4.76. The van der Waals surface area contributed by atoms with Crippen LogP contribution in [0, 0.1) is 12.8 Å². The molecule has 1 aromatic heterocycles. The average Bonchev–Trinajstić information content (AvgIpc) is 2.69. The second-order valence-electron chi connectivity index (χ2n) is 6.16. The first-order valence-electron chi connectivity index (χ1n) is 7.74. The minimum atomic E-state index is 0.497. The van der Waals surface area contributed by atoms with E-state index in [1.807, 2.05) is 0 Å². The Balaban J connectivity index is 2.17. The third-order valence-electron chi connectivity index (χ3n) is 4.75. The van der Waals surface area contributed by atoms with Gasteiger partial charge in [0.2, 0.25) is 0 Å². The Morgan fingerprint density at radius 3 is 2.85 bits per heavy atom. The Kier molecular flexibility index (Phi) is 4.02. The molecule has 20 heavy (non-hydrogen) atoms. The van der Waals surface area contributed by atoms with E-state index in [0.717, 1.165) is 11.3 Å². The number of nitrogens with zero attached hydrogens (tertiary/aromatic N) is 2. The van der Waals surface area contributed by atoms with E-state index in [-0.39, 0.29) is 0 Å². The Labute approximate surface area is 126 Å². The van der Waals surface area contributed by atoms with Gasteiger partial charge in [0.05, 0.1) is 16.9 Å².